The van der Waals surface area contributed by atoms with E-state index in [1.54, 1.807) is 6.92 Å². The van der Waals surface area contributed by atoms with Crippen LogP contribution in [0.25, 0.3) is 11.5 Å². The van der Waals surface area contributed by atoms with Crippen LogP contribution in [-0.2, 0) is 4.79 Å². The minimum atomic E-state index is -2.79. The average Bonchev–Trinajstić information content (AvgIpc) is 3.07. The van der Waals surface area contributed by atoms with Gasteiger partial charge in [-0.25, -0.2) is 13.8 Å². The fourth-order valence-electron chi connectivity index (χ4n) is 3.11. The second-order valence-electron chi connectivity index (χ2n) is 7.20. The van der Waals surface area contributed by atoms with Crippen LogP contribution in [0, 0.1) is 6.92 Å². The van der Waals surface area contributed by atoms with Crippen LogP contribution >= 0.6 is 0 Å². The standard InChI is InChI=1S/C20H24F2N4O3/c1-13-16(25-18(29-13)14-7-3-2-4-8-14)17(27)24-10-6-5-9-15(23)19(28)26-11-20(21,22)12-26/h2-4,7-8,15H,5-6,9-12,23H2,1H3,(H,24,27)/t15-/m0/s1. The van der Waals surface area contributed by atoms with Crippen LogP contribution in [0.1, 0.15) is 35.5 Å². The molecule has 1 aromatic heterocycles. The molecule has 1 aliphatic heterocycles. The van der Waals surface area contributed by atoms with Crippen LogP contribution in [0.3, 0.4) is 0 Å². The van der Waals surface area contributed by atoms with Crippen molar-refractivity contribution in [2.45, 2.75) is 38.2 Å². The second kappa shape index (κ2) is 8.69. The Kier molecular flexibility index (Phi) is 6.26. The van der Waals surface area contributed by atoms with Gasteiger partial charge < -0.3 is 20.4 Å². The van der Waals surface area contributed by atoms with E-state index in [1.165, 1.54) is 0 Å². The summed E-state index contributed by atoms with van der Waals surface area (Å²) in [6.45, 7) is 0.946. The third-order valence-electron chi connectivity index (χ3n) is 4.73. The van der Waals surface area contributed by atoms with Gasteiger partial charge in [-0.1, -0.05) is 18.2 Å². The first-order valence-electron chi connectivity index (χ1n) is 9.50. The molecule has 1 atom stereocenters. The van der Waals surface area contributed by atoms with Gasteiger partial charge in [-0.2, -0.15) is 0 Å². The quantitative estimate of drug-likeness (QED) is 0.656. The molecule has 29 heavy (non-hydrogen) atoms. The van der Waals surface area contributed by atoms with Gasteiger partial charge in [0, 0.05) is 12.1 Å². The first-order valence-corrected chi connectivity index (χ1v) is 9.50. The lowest BCUT2D eigenvalue weighted by Crippen LogP contribution is -2.61. The van der Waals surface area contributed by atoms with Gasteiger partial charge in [-0.05, 0) is 38.3 Å². The molecule has 0 unspecified atom stereocenters. The van der Waals surface area contributed by atoms with Crippen molar-refractivity contribution in [3.8, 4) is 11.5 Å². The van der Waals surface area contributed by atoms with Gasteiger partial charge >= 0.3 is 0 Å². The fraction of sp³-hybridized carbons (Fsp3) is 0.450. The third kappa shape index (κ3) is 5.17. The Hall–Kier alpha value is -2.81. The summed E-state index contributed by atoms with van der Waals surface area (Å²) in [5.74, 6) is -2.77. The third-order valence-corrected chi connectivity index (χ3v) is 4.73. The van der Waals surface area contributed by atoms with Crippen LogP contribution in [0.2, 0.25) is 0 Å². The number of nitrogens with zero attached hydrogens (tertiary/aromatic N) is 2. The zero-order chi connectivity index (χ0) is 21.0. The number of aryl methyl sites for hydroxylation is 1. The van der Waals surface area contributed by atoms with E-state index >= 15 is 0 Å². The molecule has 1 saturated heterocycles. The maximum absolute atomic E-state index is 12.8. The number of hydrogen-bond donors (Lipinski definition) is 2. The van der Waals surface area contributed by atoms with Crippen molar-refractivity contribution in [3.05, 3.63) is 41.8 Å². The average molecular weight is 406 g/mol. The van der Waals surface area contributed by atoms with Gasteiger partial charge in [-0.3, -0.25) is 9.59 Å². The van der Waals surface area contributed by atoms with E-state index < -0.39 is 31.0 Å². The van der Waals surface area contributed by atoms with E-state index in [-0.39, 0.29) is 11.6 Å². The van der Waals surface area contributed by atoms with Crippen molar-refractivity contribution in [2.75, 3.05) is 19.6 Å². The summed E-state index contributed by atoms with van der Waals surface area (Å²) in [6.07, 6.45) is 1.56. The molecule has 0 radical (unpaired) electrons. The van der Waals surface area contributed by atoms with Gasteiger partial charge in [0.2, 0.25) is 11.8 Å². The molecule has 7 nitrogen and oxygen atoms in total. The first-order chi connectivity index (χ1) is 13.8. The lowest BCUT2D eigenvalue weighted by atomic mass is 10.1. The highest BCUT2D eigenvalue weighted by atomic mass is 19.3. The predicted molar refractivity (Wildman–Crippen MR) is 102 cm³/mol. The number of aromatic nitrogens is 1. The van der Waals surface area contributed by atoms with Crippen molar-refractivity contribution >= 4 is 11.8 Å². The van der Waals surface area contributed by atoms with Crippen LogP contribution in [0.15, 0.2) is 34.7 Å². The molecule has 0 aliphatic carbocycles. The van der Waals surface area contributed by atoms with E-state index in [9.17, 15) is 18.4 Å². The minimum Gasteiger partial charge on any atom is -0.441 e. The van der Waals surface area contributed by atoms with Gasteiger partial charge in [0.25, 0.3) is 11.8 Å². The van der Waals surface area contributed by atoms with Crippen LogP contribution < -0.4 is 11.1 Å². The Balaban J connectivity index is 1.39. The molecule has 9 heteroatoms. The van der Waals surface area contributed by atoms with E-state index in [4.69, 9.17) is 10.2 Å². The second-order valence-corrected chi connectivity index (χ2v) is 7.20. The number of nitrogens with two attached hydrogens (primary N) is 1. The number of hydrogen-bond acceptors (Lipinski definition) is 5. The summed E-state index contributed by atoms with van der Waals surface area (Å²) in [5.41, 5.74) is 6.80. The molecule has 1 aliphatic rings. The summed E-state index contributed by atoms with van der Waals surface area (Å²) in [5, 5.41) is 2.77. The molecule has 156 valence electrons. The van der Waals surface area contributed by atoms with Crippen LogP contribution in [0.4, 0.5) is 8.78 Å². The molecule has 1 fully saturated rings. The maximum Gasteiger partial charge on any atom is 0.282 e. The SMILES string of the molecule is Cc1oc(-c2ccccc2)nc1C(=O)NCCCC[C@H](N)C(=O)N1CC(F)(F)C1. The molecule has 1 aromatic carbocycles. The predicted octanol–water partition coefficient (Wildman–Crippen LogP) is 2.35. The summed E-state index contributed by atoms with van der Waals surface area (Å²) < 4.78 is 31.2. The number of unbranched alkanes of at least 4 members (excludes halogenated alkanes) is 1. The molecule has 0 saturated carbocycles. The summed E-state index contributed by atoms with van der Waals surface area (Å²) in [6, 6.07) is 8.49. The number of carbonyl (C=O) groups is 2. The van der Waals surface area contributed by atoms with Crippen molar-refractivity contribution in [3.63, 3.8) is 0 Å². The Morgan fingerprint density at radius 3 is 2.62 bits per heavy atom. The number of nitrogens with one attached hydrogen (secondary N) is 1. The summed E-state index contributed by atoms with van der Waals surface area (Å²) >= 11 is 0. The van der Waals surface area contributed by atoms with E-state index in [0.29, 0.717) is 37.5 Å². The monoisotopic (exact) mass is 406 g/mol. The number of oxazole rings is 1. The highest BCUT2D eigenvalue weighted by Gasteiger charge is 2.47. The molecule has 3 rings (SSSR count). The van der Waals surface area contributed by atoms with Crippen molar-refractivity contribution in [1.82, 2.24) is 15.2 Å². The van der Waals surface area contributed by atoms with Gasteiger partial charge in [0.15, 0.2) is 5.69 Å². The lowest BCUT2D eigenvalue weighted by Gasteiger charge is -2.39. The highest BCUT2D eigenvalue weighted by molar-refractivity contribution is 5.93. The number of amides is 2. The van der Waals surface area contributed by atoms with Crippen molar-refractivity contribution < 1.29 is 22.8 Å². The van der Waals surface area contributed by atoms with Crippen LogP contribution in [-0.4, -0.2) is 53.3 Å². The molecule has 0 bridgehead atoms. The lowest BCUT2D eigenvalue weighted by molar-refractivity contribution is -0.167. The molecular weight excluding hydrogens is 382 g/mol. The highest BCUT2D eigenvalue weighted by Crippen LogP contribution is 2.27. The Morgan fingerprint density at radius 2 is 1.97 bits per heavy atom. The molecule has 2 aromatic rings. The Bertz CT molecular complexity index is 862. The fourth-order valence-corrected chi connectivity index (χ4v) is 3.11. The number of rotatable bonds is 8. The zero-order valence-corrected chi connectivity index (χ0v) is 16.2. The minimum absolute atomic E-state index is 0.231. The van der Waals surface area contributed by atoms with Crippen molar-refractivity contribution in [2.24, 2.45) is 5.73 Å². The van der Waals surface area contributed by atoms with E-state index in [1.807, 2.05) is 30.3 Å². The van der Waals surface area contributed by atoms with E-state index in [0.717, 1.165) is 10.5 Å². The summed E-state index contributed by atoms with van der Waals surface area (Å²) in [4.78, 5) is 29.6. The largest absolute Gasteiger partial charge is 0.441 e. The Morgan fingerprint density at radius 1 is 1.28 bits per heavy atom. The van der Waals surface area contributed by atoms with E-state index in [2.05, 4.69) is 10.3 Å². The number of alkyl halides is 2. The van der Waals surface area contributed by atoms with Crippen molar-refractivity contribution in [1.29, 1.82) is 0 Å². The molecule has 0 spiro atoms. The smallest absolute Gasteiger partial charge is 0.282 e. The topological polar surface area (TPSA) is 101 Å². The molecular formula is C20H24F2N4O3. The Labute approximate surface area is 167 Å². The normalized spacial score (nSPS) is 16.2. The first kappa shape index (κ1) is 20.9. The van der Waals surface area contributed by atoms with Gasteiger partial charge in [0.1, 0.15) is 5.76 Å². The maximum atomic E-state index is 12.8. The van der Waals surface area contributed by atoms with Gasteiger partial charge in [0.05, 0.1) is 19.1 Å². The zero-order valence-electron chi connectivity index (χ0n) is 16.2. The molecule has 2 amide bonds. The number of likely N-dealkylation sites (tertiary alicyclic amines) is 1. The molecule has 2 heterocycles. The molecule has 3 N–H and O–H groups in total. The van der Waals surface area contributed by atoms with Crippen LogP contribution in [0.5, 0.6) is 0 Å². The number of benzene rings is 1. The van der Waals surface area contributed by atoms with Gasteiger partial charge in [-0.15, -0.1) is 0 Å². The summed E-state index contributed by atoms with van der Waals surface area (Å²) in [7, 11) is 0. The number of halogens is 2. The number of carbonyl (C=O) groups excluding carboxylic acids is 2.